The van der Waals surface area contributed by atoms with Crippen molar-refractivity contribution < 1.29 is 10.5 Å². The largest absolute Gasteiger partial charge is 0.325 e. The number of carbonyl (C=O) groups excluding carboxylic acids is 1. The zero-order chi connectivity index (χ0) is 8.97. The topological polar surface area (TPSA) is 56.7 Å². The lowest BCUT2D eigenvalue weighted by Gasteiger charge is -1.99. The van der Waals surface area contributed by atoms with Crippen LogP contribution in [-0.2, 0) is 4.79 Å². The summed E-state index contributed by atoms with van der Waals surface area (Å²) in [6.07, 6.45) is 1.23. The molecule has 0 spiro atoms. The Labute approximate surface area is 70.9 Å². The second-order valence-electron chi connectivity index (χ2n) is 2.39. The summed E-state index contributed by atoms with van der Waals surface area (Å²) >= 11 is 0. The summed E-state index contributed by atoms with van der Waals surface area (Å²) in [5, 5.41) is 2.63. The highest BCUT2D eigenvalue weighted by Crippen LogP contribution is 2.08. The monoisotopic (exact) mass is 163 g/mol. The fourth-order valence-corrected chi connectivity index (χ4v) is 0.781. The molecule has 1 aromatic rings. The van der Waals surface area contributed by atoms with E-state index < -0.39 is 0 Å². The molecule has 1 amide bonds. The molecule has 12 heavy (non-hydrogen) atoms. The average molecular weight is 163 g/mol. The van der Waals surface area contributed by atoms with Crippen LogP contribution in [0.5, 0.6) is 0 Å². The van der Waals surface area contributed by atoms with Crippen molar-refractivity contribution in [1.29, 1.82) is 0 Å². The second kappa shape index (κ2) is 3.69. The van der Waals surface area contributed by atoms with E-state index in [-0.39, 0.29) is 5.91 Å². The second-order valence-corrected chi connectivity index (χ2v) is 2.39. The summed E-state index contributed by atoms with van der Waals surface area (Å²) in [6.45, 7) is 3.35. The van der Waals surface area contributed by atoms with E-state index in [0.717, 1.165) is 11.4 Å². The van der Waals surface area contributed by atoms with Crippen molar-refractivity contribution in [2.45, 2.75) is 0 Å². The highest BCUT2D eigenvalue weighted by molar-refractivity contribution is 5.98. The number of quaternary nitrogens is 1. The minimum atomic E-state index is -0.202. The Balaban J connectivity index is 2.71. The van der Waals surface area contributed by atoms with Crippen molar-refractivity contribution in [1.82, 2.24) is 0 Å². The van der Waals surface area contributed by atoms with Crippen LogP contribution < -0.4 is 11.1 Å². The van der Waals surface area contributed by atoms with Gasteiger partial charge in [-0.1, -0.05) is 6.58 Å². The highest BCUT2D eigenvalue weighted by Gasteiger charge is 1.95. The molecule has 3 heteroatoms. The van der Waals surface area contributed by atoms with Crippen LogP contribution in [0.3, 0.4) is 0 Å². The van der Waals surface area contributed by atoms with Gasteiger partial charge >= 0.3 is 0 Å². The van der Waals surface area contributed by atoms with Gasteiger partial charge in [-0.2, -0.15) is 0 Å². The van der Waals surface area contributed by atoms with Gasteiger partial charge in [-0.15, -0.1) is 0 Å². The van der Waals surface area contributed by atoms with Gasteiger partial charge in [0.2, 0.25) is 5.91 Å². The lowest BCUT2D eigenvalue weighted by molar-refractivity contribution is -0.254. The van der Waals surface area contributed by atoms with Crippen molar-refractivity contribution >= 4 is 17.3 Å². The number of anilines is 1. The lowest BCUT2D eigenvalue weighted by atomic mass is 10.3. The summed E-state index contributed by atoms with van der Waals surface area (Å²) in [6, 6.07) is 7.25. The van der Waals surface area contributed by atoms with Gasteiger partial charge in [0.25, 0.3) is 0 Å². The van der Waals surface area contributed by atoms with Crippen LogP contribution in [0.1, 0.15) is 0 Å². The molecule has 0 aliphatic rings. The molecular formula is C9H11N2O+. The number of nitrogens with one attached hydrogen (secondary N) is 1. The van der Waals surface area contributed by atoms with E-state index in [1.54, 1.807) is 12.1 Å². The van der Waals surface area contributed by atoms with Crippen LogP contribution in [0, 0.1) is 0 Å². The standard InChI is InChI=1S/C9H10N2O/c1-2-9(12)11-8-5-3-7(10)4-6-8/h2-6H,1,10H2,(H,11,12)/p+1. The van der Waals surface area contributed by atoms with E-state index in [4.69, 9.17) is 0 Å². The summed E-state index contributed by atoms with van der Waals surface area (Å²) in [4.78, 5) is 10.8. The van der Waals surface area contributed by atoms with Gasteiger partial charge in [-0.05, 0) is 18.2 Å². The molecule has 0 aliphatic heterocycles. The van der Waals surface area contributed by atoms with Gasteiger partial charge in [-0.25, -0.2) is 0 Å². The minimum absolute atomic E-state index is 0.202. The predicted octanol–water partition coefficient (Wildman–Crippen LogP) is 0.684. The number of rotatable bonds is 2. The molecule has 1 aromatic carbocycles. The Bertz CT molecular complexity index is 290. The molecule has 4 N–H and O–H groups in total. The van der Waals surface area contributed by atoms with Crippen molar-refractivity contribution in [3.05, 3.63) is 36.9 Å². The SMILES string of the molecule is C=CC(=O)Nc1ccc([NH3+])cc1. The predicted molar refractivity (Wildman–Crippen MR) is 47.8 cm³/mol. The number of carbonyl (C=O) groups is 1. The molecule has 0 aliphatic carbocycles. The average Bonchev–Trinajstić information content (AvgIpc) is 2.09. The van der Waals surface area contributed by atoms with E-state index in [9.17, 15) is 4.79 Å². The molecule has 0 atom stereocenters. The molecule has 62 valence electrons. The van der Waals surface area contributed by atoms with E-state index in [2.05, 4.69) is 17.6 Å². The molecule has 0 saturated carbocycles. The van der Waals surface area contributed by atoms with Crippen LogP contribution in [0.4, 0.5) is 11.4 Å². The first kappa shape index (κ1) is 8.49. The fourth-order valence-electron chi connectivity index (χ4n) is 0.781. The summed E-state index contributed by atoms with van der Waals surface area (Å²) in [5.41, 5.74) is 5.41. The first-order valence-electron chi connectivity index (χ1n) is 3.58. The van der Waals surface area contributed by atoms with E-state index in [1.807, 2.05) is 12.1 Å². The molecule has 0 saturated heterocycles. The van der Waals surface area contributed by atoms with Gasteiger partial charge in [0.1, 0.15) is 5.69 Å². The maximum atomic E-state index is 10.8. The number of hydrogen-bond acceptors (Lipinski definition) is 1. The summed E-state index contributed by atoms with van der Waals surface area (Å²) in [7, 11) is 0. The maximum absolute atomic E-state index is 10.8. The Hall–Kier alpha value is -1.61. The molecule has 3 nitrogen and oxygen atoms in total. The zero-order valence-corrected chi connectivity index (χ0v) is 6.71. The zero-order valence-electron chi connectivity index (χ0n) is 6.71. The van der Waals surface area contributed by atoms with Crippen LogP contribution in [0.15, 0.2) is 36.9 Å². The van der Waals surface area contributed by atoms with E-state index >= 15 is 0 Å². The third-order valence-corrected chi connectivity index (χ3v) is 1.41. The smallest absolute Gasteiger partial charge is 0.247 e. The van der Waals surface area contributed by atoms with E-state index in [0.29, 0.717) is 0 Å². The normalized spacial score (nSPS) is 9.08. The van der Waals surface area contributed by atoms with Gasteiger partial charge < -0.3 is 11.1 Å². The quantitative estimate of drug-likeness (QED) is 0.619. The molecule has 0 fully saturated rings. The highest BCUT2D eigenvalue weighted by atomic mass is 16.1. The third kappa shape index (κ3) is 2.21. The molecule has 0 aromatic heterocycles. The van der Waals surface area contributed by atoms with Crippen molar-refractivity contribution in [3.8, 4) is 0 Å². The van der Waals surface area contributed by atoms with Crippen molar-refractivity contribution in [2.24, 2.45) is 0 Å². The van der Waals surface area contributed by atoms with Gasteiger partial charge in [0.05, 0.1) is 0 Å². The lowest BCUT2D eigenvalue weighted by Crippen LogP contribution is -2.39. The molecule has 0 radical (unpaired) electrons. The minimum Gasteiger partial charge on any atom is -0.325 e. The first-order valence-corrected chi connectivity index (χ1v) is 3.58. The first-order chi connectivity index (χ1) is 5.72. The van der Waals surface area contributed by atoms with Crippen LogP contribution in [0.25, 0.3) is 0 Å². The van der Waals surface area contributed by atoms with Crippen molar-refractivity contribution in [2.75, 3.05) is 5.32 Å². The van der Waals surface area contributed by atoms with Crippen molar-refractivity contribution in [3.63, 3.8) is 0 Å². The third-order valence-electron chi connectivity index (χ3n) is 1.41. The Morgan fingerprint density at radius 3 is 2.50 bits per heavy atom. The van der Waals surface area contributed by atoms with Gasteiger partial charge in [0.15, 0.2) is 0 Å². The molecule has 0 heterocycles. The Morgan fingerprint density at radius 1 is 1.42 bits per heavy atom. The van der Waals surface area contributed by atoms with Gasteiger partial charge in [-0.3, -0.25) is 4.79 Å². The molecule has 0 unspecified atom stereocenters. The van der Waals surface area contributed by atoms with Crippen LogP contribution in [-0.4, -0.2) is 5.91 Å². The van der Waals surface area contributed by atoms with Gasteiger partial charge in [0, 0.05) is 17.8 Å². The Morgan fingerprint density at radius 2 is 2.00 bits per heavy atom. The number of benzene rings is 1. The Kier molecular flexibility index (Phi) is 2.61. The van der Waals surface area contributed by atoms with E-state index in [1.165, 1.54) is 6.08 Å². The molecular weight excluding hydrogens is 152 g/mol. The number of hydrogen-bond donors (Lipinski definition) is 2. The molecule has 0 bridgehead atoms. The fraction of sp³-hybridized carbons (Fsp3) is 0. The summed E-state index contributed by atoms with van der Waals surface area (Å²) in [5.74, 6) is -0.202. The maximum Gasteiger partial charge on any atom is 0.247 e. The van der Waals surface area contributed by atoms with Crippen LogP contribution >= 0.6 is 0 Å². The molecule has 1 rings (SSSR count). The summed E-state index contributed by atoms with van der Waals surface area (Å²) < 4.78 is 0. The van der Waals surface area contributed by atoms with Crippen LogP contribution in [0.2, 0.25) is 0 Å². The number of amides is 1.